The average Bonchev–Trinajstić information content (AvgIpc) is 2.63. The van der Waals surface area contributed by atoms with E-state index in [1.165, 1.54) is 4.57 Å². The summed E-state index contributed by atoms with van der Waals surface area (Å²) in [4.78, 5) is 47.2. The van der Waals surface area contributed by atoms with Gasteiger partial charge in [-0.2, -0.15) is 0 Å². The molecule has 1 amide bonds. The van der Waals surface area contributed by atoms with E-state index in [0.717, 1.165) is 0 Å². The fourth-order valence-corrected chi connectivity index (χ4v) is 3.58. The minimum atomic E-state index is -0.561. The van der Waals surface area contributed by atoms with Crippen LogP contribution in [0.3, 0.4) is 0 Å². The SMILES string of the molecule is CC(C)Cn1c(=O)[nH]c(=O)c2c(C(=O)N3CCNC(C)C3)cc(C(C)C)nc21.Cl.Cl. The molecule has 0 saturated carbocycles. The largest absolute Gasteiger partial charge is 0.336 e. The number of pyridine rings is 1. The van der Waals surface area contributed by atoms with Crippen molar-refractivity contribution in [1.82, 2.24) is 24.8 Å². The van der Waals surface area contributed by atoms with Crippen LogP contribution in [0.25, 0.3) is 11.0 Å². The standard InChI is InChI=1S/C20H29N5O3.2ClH/c1-11(2)9-25-17-16(18(26)23-20(25)28)14(8-15(22-17)12(3)4)19(27)24-7-6-21-13(5)10-24;;/h8,11-13,21H,6-7,9-10H2,1-5H3,(H,23,26,28);2*1H. The fourth-order valence-electron chi connectivity index (χ4n) is 3.58. The third kappa shape index (κ3) is 5.22. The first-order chi connectivity index (χ1) is 13.2. The van der Waals surface area contributed by atoms with Gasteiger partial charge in [0.15, 0.2) is 5.65 Å². The first kappa shape index (κ1) is 26.1. The lowest BCUT2D eigenvalue weighted by molar-refractivity contribution is 0.0710. The summed E-state index contributed by atoms with van der Waals surface area (Å²) in [5.74, 6) is 0.0483. The smallest absolute Gasteiger partial charge is 0.330 e. The van der Waals surface area contributed by atoms with Crippen molar-refractivity contribution in [3.05, 3.63) is 38.2 Å². The van der Waals surface area contributed by atoms with Crippen molar-refractivity contribution >= 4 is 41.8 Å². The van der Waals surface area contributed by atoms with E-state index in [-0.39, 0.29) is 54.0 Å². The first-order valence-corrected chi connectivity index (χ1v) is 9.89. The van der Waals surface area contributed by atoms with Gasteiger partial charge in [-0.15, -0.1) is 24.8 Å². The van der Waals surface area contributed by atoms with Crippen LogP contribution in [0.1, 0.15) is 56.6 Å². The molecule has 0 aromatic carbocycles. The second kappa shape index (κ2) is 10.4. The molecule has 168 valence electrons. The van der Waals surface area contributed by atoms with Crippen molar-refractivity contribution in [2.75, 3.05) is 19.6 Å². The molecular weight excluding hydrogens is 429 g/mol. The van der Waals surface area contributed by atoms with Gasteiger partial charge in [0.05, 0.1) is 10.9 Å². The number of carbonyl (C=O) groups excluding carboxylic acids is 1. The van der Waals surface area contributed by atoms with Crippen molar-refractivity contribution in [2.45, 2.75) is 53.1 Å². The summed E-state index contributed by atoms with van der Waals surface area (Å²) in [6, 6.07) is 1.90. The number of nitrogens with one attached hydrogen (secondary N) is 2. The Morgan fingerprint density at radius 2 is 1.90 bits per heavy atom. The highest BCUT2D eigenvalue weighted by Gasteiger charge is 2.26. The number of halogens is 2. The monoisotopic (exact) mass is 459 g/mol. The molecule has 3 rings (SSSR count). The summed E-state index contributed by atoms with van der Waals surface area (Å²) in [5.41, 5.74) is 0.256. The number of carbonyl (C=O) groups is 1. The molecule has 0 bridgehead atoms. The van der Waals surface area contributed by atoms with Crippen LogP contribution in [0, 0.1) is 5.92 Å². The molecule has 1 saturated heterocycles. The average molecular weight is 460 g/mol. The van der Waals surface area contributed by atoms with Gasteiger partial charge in [0.2, 0.25) is 0 Å². The van der Waals surface area contributed by atoms with Gasteiger partial charge in [-0.05, 0) is 24.8 Å². The Labute approximate surface area is 188 Å². The van der Waals surface area contributed by atoms with Crippen LogP contribution in [0.5, 0.6) is 0 Å². The summed E-state index contributed by atoms with van der Waals surface area (Å²) in [5, 5.41) is 3.51. The molecule has 1 fully saturated rings. The van der Waals surface area contributed by atoms with Gasteiger partial charge in [0, 0.05) is 37.9 Å². The van der Waals surface area contributed by atoms with Crippen molar-refractivity contribution in [1.29, 1.82) is 0 Å². The van der Waals surface area contributed by atoms with Gasteiger partial charge < -0.3 is 10.2 Å². The Balaban J connectivity index is 0.00000225. The number of aromatic amines is 1. The molecule has 30 heavy (non-hydrogen) atoms. The lowest BCUT2D eigenvalue weighted by Gasteiger charge is -2.32. The molecule has 3 heterocycles. The lowest BCUT2D eigenvalue weighted by Crippen LogP contribution is -2.51. The molecule has 0 spiro atoms. The Kier molecular flexibility index (Phi) is 9.07. The maximum Gasteiger partial charge on any atom is 0.330 e. The second-order valence-corrected chi connectivity index (χ2v) is 8.32. The number of piperazine rings is 1. The van der Waals surface area contributed by atoms with E-state index in [9.17, 15) is 14.4 Å². The number of hydrogen-bond acceptors (Lipinski definition) is 5. The molecule has 10 heteroatoms. The van der Waals surface area contributed by atoms with Gasteiger partial charge >= 0.3 is 5.69 Å². The van der Waals surface area contributed by atoms with E-state index in [1.807, 2.05) is 34.6 Å². The molecule has 0 radical (unpaired) electrons. The molecule has 1 aliphatic rings. The predicted octanol–water partition coefficient (Wildman–Crippen LogP) is 2.14. The third-order valence-corrected chi connectivity index (χ3v) is 4.99. The van der Waals surface area contributed by atoms with Gasteiger partial charge in [0.1, 0.15) is 0 Å². The number of aromatic nitrogens is 3. The van der Waals surface area contributed by atoms with E-state index in [0.29, 0.717) is 43.1 Å². The van der Waals surface area contributed by atoms with Crippen molar-refractivity contribution in [3.63, 3.8) is 0 Å². The Bertz CT molecular complexity index is 1020. The number of amides is 1. The van der Waals surface area contributed by atoms with E-state index >= 15 is 0 Å². The minimum Gasteiger partial charge on any atom is -0.336 e. The zero-order chi connectivity index (χ0) is 20.6. The Morgan fingerprint density at radius 1 is 1.23 bits per heavy atom. The Hall–Kier alpha value is -1.90. The summed E-state index contributed by atoms with van der Waals surface area (Å²) in [6.07, 6.45) is 0. The highest BCUT2D eigenvalue weighted by atomic mass is 35.5. The zero-order valence-electron chi connectivity index (χ0n) is 18.0. The summed E-state index contributed by atoms with van der Waals surface area (Å²) < 4.78 is 1.48. The second-order valence-electron chi connectivity index (χ2n) is 8.32. The zero-order valence-corrected chi connectivity index (χ0v) is 19.7. The maximum atomic E-state index is 13.3. The van der Waals surface area contributed by atoms with Crippen LogP contribution in [0.4, 0.5) is 0 Å². The van der Waals surface area contributed by atoms with Crippen LogP contribution in [0.15, 0.2) is 15.7 Å². The van der Waals surface area contributed by atoms with Gasteiger partial charge in [-0.3, -0.25) is 19.1 Å². The number of fused-ring (bicyclic) bond motifs is 1. The summed E-state index contributed by atoms with van der Waals surface area (Å²) in [6.45, 7) is 12.2. The normalized spacial score (nSPS) is 16.5. The predicted molar refractivity (Wildman–Crippen MR) is 123 cm³/mol. The summed E-state index contributed by atoms with van der Waals surface area (Å²) >= 11 is 0. The molecule has 1 atom stereocenters. The molecule has 2 N–H and O–H groups in total. The van der Waals surface area contributed by atoms with Gasteiger partial charge in [-0.1, -0.05) is 27.7 Å². The maximum absolute atomic E-state index is 13.3. The molecular formula is C20H31Cl2N5O3. The Morgan fingerprint density at radius 3 is 2.47 bits per heavy atom. The van der Waals surface area contributed by atoms with Crippen LogP contribution in [-0.2, 0) is 6.54 Å². The highest BCUT2D eigenvalue weighted by molar-refractivity contribution is 6.05. The topological polar surface area (TPSA) is 100 Å². The molecule has 1 aliphatic heterocycles. The molecule has 8 nitrogen and oxygen atoms in total. The number of nitrogens with zero attached hydrogens (tertiary/aromatic N) is 3. The van der Waals surface area contributed by atoms with Crippen LogP contribution in [0.2, 0.25) is 0 Å². The minimum absolute atomic E-state index is 0. The number of rotatable bonds is 4. The van der Waals surface area contributed by atoms with Gasteiger partial charge in [-0.25, -0.2) is 9.78 Å². The molecule has 2 aromatic heterocycles. The van der Waals surface area contributed by atoms with E-state index in [2.05, 4.69) is 15.3 Å². The number of hydrogen-bond donors (Lipinski definition) is 2. The van der Waals surface area contributed by atoms with Crippen LogP contribution in [-0.4, -0.2) is 51.0 Å². The number of H-pyrrole nitrogens is 1. The van der Waals surface area contributed by atoms with Crippen LogP contribution >= 0.6 is 24.8 Å². The fraction of sp³-hybridized carbons (Fsp3) is 0.600. The third-order valence-electron chi connectivity index (χ3n) is 4.99. The quantitative estimate of drug-likeness (QED) is 0.729. The molecule has 2 aromatic rings. The van der Waals surface area contributed by atoms with E-state index in [4.69, 9.17) is 0 Å². The van der Waals surface area contributed by atoms with Gasteiger partial charge in [0.25, 0.3) is 11.5 Å². The molecule has 1 unspecified atom stereocenters. The molecule has 0 aliphatic carbocycles. The van der Waals surface area contributed by atoms with Crippen molar-refractivity contribution < 1.29 is 4.79 Å². The van der Waals surface area contributed by atoms with Crippen LogP contribution < -0.4 is 16.6 Å². The van der Waals surface area contributed by atoms with E-state index in [1.54, 1.807) is 11.0 Å². The lowest BCUT2D eigenvalue weighted by atomic mass is 10.0. The van der Waals surface area contributed by atoms with Crippen molar-refractivity contribution in [3.8, 4) is 0 Å². The van der Waals surface area contributed by atoms with E-state index < -0.39 is 11.2 Å². The summed E-state index contributed by atoms with van der Waals surface area (Å²) in [7, 11) is 0. The van der Waals surface area contributed by atoms with Crippen molar-refractivity contribution in [2.24, 2.45) is 5.92 Å². The first-order valence-electron chi connectivity index (χ1n) is 9.89. The highest BCUT2D eigenvalue weighted by Crippen LogP contribution is 2.22.